The lowest BCUT2D eigenvalue weighted by Gasteiger charge is -2.15. The zero-order chi connectivity index (χ0) is 13.2. The normalized spacial score (nSPS) is 12.7. The number of nitrogens with two attached hydrogens (primary N) is 1. The molecule has 0 saturated carbocycles. The van der Waals surface area contributed by atoms with E-state index in [-0.39, 0.29) is 12.0 Å². The highest BCUT2D eigenvalue weighted by Gasteiger charge is 2.10. The number of H-pyrrole nitrogens is 1. The predicted molar refractivity (Wildman–Crippen MR) is 71.4 cm³/mol. The number of imidazole rings is 1. The van der Waals surface area contributed by atoms with E-state index in [0.717, 1.165) is 11.9 Å². The molecule has 0 radical (unpaired) electrons. The molecule has 19 heavy (non-hydrogen) atoms. The summed E-state index contributed by atoms with van der Waals surface area (Å²) < 4.78 is 1.99. The molecule has 0 bridgehead atoms. The van der Waals surface area contributed by atoms with Crippen molar-refractivity contribution in [3.05, 3.63) is 24.9 Å². The first-order chi connectivity index (χ1) is 9.22. The minimum absolute atomic E-state index is 0.168. The van der Waals surface area contributed by atoms with Gasteiger partial charge in [0, 0.05) is 25.0 Å². The van der Waals surface area contributed by atoms with Gasteiger partial charge in [0.15, 0.2) is 5.65 Å². The van der Waals surface area contributed by atoms with Gasteiger partial charge in [0.05, 0.1) is 17.9 Å². The molecule has 0 aliphatic rings. The maximum Gasteiger partial charge on any atom is 0.224 e. The number of hydrogen-bond acceptors (Lipinski definition) is 6. The fourth-order valence-corrected chi connectivity index (χ4v) is 1.95. The molecule has 0 aliphatic heterocycles. The van der Waals surface area contributed by atoms with E-state index < -0.39 is 0 Å². The summed E-state index contributed by atoms with van der Waals surface area (Å²) in [7, 11) is 0. The predicted octanol–water partition coefficient (Wildman–Crippen LogP) is 0.632. The van der Waals surface area contributed by atoms with Crippen molar-refractivity contribution in [3.63, 3.8) is 0 Å². The molecule has 1 unspecified atom stereocenters. The van der Waals surface area contributed by atoms with Crippen molar-refractivity contribution in [2.75, 3.05) is 11.1 Å². The molecule has 8 heteroatoms. The second-order valence-corrected chi connectivity index (χ2v) is 4.37. The van der Waals surface area contributed by atoms with Gasteiger partial charge in [0.25, 0.3) is 0 Å². The molecule has 0 aromatic carbocycles. The van der Waals surface area contributed by atoms with Gasteiger partial charge in [0.1, 0.15) is 5.82 Å². The van der Waals surface area contributed by atoms with Crippen LogP contribution in [0.15, 0.2) is 24.9 Å². The van der Waals surface area contributed by atoms with E-state index in [4.69, 9.17) is 5.73 Å². The largest absolute Gasteiger partial charge is 0.368 e. The van der Waals surface area contributed by atoms with E-state index in [2.05, 4.69) is 37.4 Å². The van der Waals surface area contributed by atoms with Crippen molar-refractivity contribution in [1.29, 1.82) is 0 Å². The van der Waals surface area contributed by atoms with Gasteiger partial charge < -0.3 is 15.6 Å². The fraction of sp³-hybridized carbons (Fsp3) is 0.273. The summed E-state index contributed by atoms with van der Waals surface area (Å²) >= 11 is 0. The third-order valence-corrected chi connectivity index (χ3v) is 2.75. The SMILES string of the molecule is CC(Cn1ccnc1)Nc1nc(N)nc2[nH]ncc12. The molecule has 8 nitrogen and oxygen atoms in total. The quantitative estimate of drug-likeness (QED) is 0.633. The Hall–Kier alpha value is -2.64. The molecule has 3 rings (SSSR count). The first kappa shape index (κ1) is 11.5. The minimum Gasteiger partial charge on any atom is -0.368 e. The summed E-state index contributed by atoms with van der Waals surface area (Å²) in [6.07, 6.45) is 7.13. The molecule has 4 N–H and O–H groups in total. The molecular formula is C11H14N8. The Kier molecular flexibility index (Phi) is 2.75. The number of nitrogen functional groups attached to an aromatic ring is 1. The monoisotopic (exact) mass is 258 g/mol. The van der Waals surface area contributed by atoms with E-state index in [9.17, 15) is 0 Å². The Morgan fingerprint density at radius 3 is 3.16 bits per heavy atom. The van der Waals surface area contributed by atoms with Crippen LogP contribution in [0.2, 0.25) is 0 Å². The Balaban J connectivity index is 1.82. The zero-order valence-corrected chi connectivity index (χ0v) is 10.4. The lowest BCUT2D eigenvalue weighted by molar-refractivity contribution is 0.617. The Labute approximate surface area is 109 Å². The Morgan fingerprint density at radius 1 is 1.47 bits per heavy atom. The van der Waals surface area contributed by atoms with E-state index in [0.29, 0.717) is 11.5 Å². The van der Waals surface area contributed by atoms with Crippen molar-refractivity contribution in [2.45, 2.75) is 19.5 Å². The second kappa shape index (κ2) is 4.56. The van der Waals surface area contributed by atoms with Gasteiger partial charge >= 0.3 is 0 Å². The highest BCUT2D eigenvalue weighted by atomic mass is 15.2. The van der Waals surface area contributed by atoms with E-state index in [1.807, 2.05) is 10.8 Å². The lowest BCUT2D eigenvalue weighted by atomic mass is 10.3. The first-order valence-corrected chi connectivity index (χ1v) is 5.91. The number of rotatable bonds is 4. The summed E-state index contributed by atoms with van der Waals surface area (Å²) in [6.45, 7) is 2.84. The summed E-state index contributed by atoms with van der Waals surface area (Å²) in [4.78, 5) is 12.3. The average Bonchev–Trinajstić information content (AvgIpc) is 2.99. The maximum absolute atomic E-state index is 5.67. The van der Waals surface area contributed by atoms with Crippen LogP contribution in [-0.2, 0) is 6.54 Å². The van der Waals surface area contributed by atoms with Crippen molar-refractivity contribution >= 4 is 22.8 Å². The Bertz CT molecular complexity index is 671. The molecule has 0 fully saturated rings. The van der Waals surface area contributed by atoms with Gasteiger partial charge in [-0.1, -0.05) is 0 Å². The molecule has 0 spiro atoms. The summed E-state index contributed by atoms with van der Waals surface area (Å²) in [5.74, 6) is 0.901. The topological polar surface area (TPSA) is 110 Å². The fourth-order valence-electron chi connectivity index (χ4n) is 1.95. The molecule has 1 atom stereocenters. The van der Waals surface area contributed by atoms with Crippen LogP contribution >= 0.6 is 0 Å². The van der Waals surface area contributed by atoms with E-state index in [1.54, 1.807) is 18.7 Å². The van der Waals surface area contributed by atoms with Crippen molar-refractivity contribution in [2.24, 2.45) is 0 Å². The van der Waals surface area contributed by atoms with Gasteiger partial charge in [0.2, 0.25) is 5.95 Å². The number of fused-ring (bicyclic) bond motifs is 1. The van der Waals surface area contributed by atoms with E-state index >= 15 is 0 Å². The van der Waals surface area contributed by atoms with Gasteiger partial charge in [-0.3, -0.25) is 5.10 Å². The van der Waals surface area contributed by atoms with Gasteiger partial charge in [-0.15, -0.1) is 0 Å². The molecule has 0 aliphatic carbocycles. The van der Waals surface area contributed by atoms with Gasteiger partial charge in [-0.25, -0.2) is 4.98 Å². The second-order valence-electron chi connectivity index (χ2n) is 4.37. The van der Waals surface area contributed by atoms with Crippen LogP contribution in [0.5, 0.6) is 0 Å². The summed E-state index contributed by atoms with van der Waals surface area (Å²) in [5, 5.41) is 10.9. The number of anilines is 2. The first-order valence-electron chi connectivity index (χ1n) is 5.91. The van der Waals surface area contributed by atoms with Crippen LogP contribution in [0, 0.1) is 0 Å². The van der Waals surface area contributed by atoms with Crippen LogP contribution in [-0.4, -0.2) is 35.8 Å². The molecule has 3 heterocycles. The zero-order valence-electron chi connectivity index (χ0n) is 10.4. The standard InChI is InChI=1S/C11H14N8/c1-7(5-19-3-2-13-6-19)15-9-8-4-14-18-10(8)17-11(12)16-9/h2-4,6-7H,5H2,1H3,(H4,12,14,15,16,17,18). The third kappa shape index (κ3) is 2.32. The van der Waals surface area contributed by atoms with Crippen molar-refractivity contribution in [3.8, 4) is 0 Å². The lowest BCUT2D eigenvalue weighted by Crippen LogP contribution is -2.22. The maximum atomic E-state index is 5.67. The average molecular weight is 258 g/mol. The number of nitrogens with one attached hydrogen (secondary N) is 2. The van der Waals surface area contributed by atoms with Crippen molar-refractivity contribution < 1.29 is 0 Å². The third-order valence-electron chi connectivity index (χ3n) is 2.75. The van der Waals surface area contributed by atoms with Crippen LogP contribution in [0.4, 0.5) is 11.8 Å². The molecule has 0 amide bonds. The van der Waals surface area contributed by atoms with Crippen LogP contribution in [0.1, 0.15) is 6.92 Å². The minimum atomic E-state index is 0.168. The van der Waals surface area contributed by atoms with Crippen LogP contribution in [0.25, 0.3) is 11.0 Å². The summed E-state index contributed by atoms with van der Waals surface area (Å²) in [6, 6.07) is 0.168. The Morgan fingerprint density at radius 2 is 2.37 bits per heavy atom. The number of hydrogen-bond donors (Lipinski definition) is 3. The number of aromatic amines is 1. The molecule has 3 aromatic rings. The smallest absolute Gasteiger partial charge is 0.224 e. The molecule has 3 aromatic heterocycles. The summed E-state index contributed by atoms with van der Waals surface area (Å²) in [5.41, 5.74) is 6.30. The van der Waals surface area contributed by atoms with Gasteiger partial charge in [-0.2, -0.15) is 15.1 Å². The molecular weight excluding hydrogens is 244 g/mol. The molecule has 0 saturated heterocycles. The van der Waals surface area contributed by atoms with Crippen molar-refractivity contribution in [1.82, 2.24) is 29.7 Å². The number of aromatic nitrogens is 6. The van der Waals surface area contributed by atoms with E-state index in [1.165, 1.54) is 0 Å². The highest BCUT2D eigenvalue weighted by Crippen LogP contribution is 2.19. The van der Waals surface area contributed by atoms with Gasteiger partial charge in [-0.05, 0) is 6.92 Å². The van der Waals surface area contributed by atoms with Crippen LogP contribution < -0.4 is 11.1 Å². The highest BCUT2D eigenvalue weighted by molar-refractivity contribution is 5.86. The number of nitrogens with zero attached hydrogens (tertiary/aromatic N) is 5. The van der Waals surface area contributed by atoms with Crippen LogP contribution in [0.3, 0.4) is 0 Å². The molecule has 98 valence electrons.